The largest absolute Gasteiger partial charge is 0.455 e. The monoisotopic (exact) mass is 224 g/mol. The highest BCUT2D eigenvalue weighted by Gasteiger charge is 2.20. The van der Waals surface area contributed by atoms with Crippen LogP contribution in [0.5, 0.6) is 0 Å². The van der Waals surface area contributed by atoms with Crippen molar-refractivity contribution in [2.24, 2.45) is 0 Å². The molecule has 5 heteroatoms. The zero-order chi connectivity index (χ0) is 12.3. The first kappa shape index (κ1) is 12.4. The van der Waals surface area contributed by atoms with Crippen LogP contribution in [0.3, 0.4) is 0 Å². The minimum atomic E-state index is -0.582. The van der Waals surface area contributed by atoms with Crippen LogP contribution in [-0.2, 0) is 11.3 Å². The van der Waals surface area contributed by atoms with E-state index in [9.17, 15) is 4.79 Å². The average molecular weight is 224 g/mol. The maximum Gasteiger partial charge on any atom is 0.359 e. The van der Waals surface area contributed by atoms with Gasteiger partial charge in [-0.05, 0) is 32.4 Å². The van der Waals surface area contributed by atoms with Crippen molar-refractivity contribution in [1.29, 1.82) is 0 Å². The Hall–Kier alpha value is -1.62. The Balaban J connectivity index is 2.93. The van der Waals surface area contributed by atoms with Crippen LogP contribution in [0.1, 0.15) is 36.8 Å². The summed E-state index contributed by atoms with van der Waals surface area (Å²) in [6.07, 6.45) is 1.40. The van der Waals surface area contributed by atoms with E-state index in [0.29, 0.717) is 5.56 Å². The number of nitrogens with two attached hydrogens (primary N) is 1. The number of ether oxygens (including phenoxy) is 1. The van der Waals surface area contributed by atoms with E-state index in [1.807, 2.05) is 0 Å². The number of aliphatic hydroxyl groups excluding tert-OH is 1. The van der Waals surface area contributed by atoms with Gasteiger partial charge in [0.2, 0.25) is 0 Å². The number of rotatable bonds is 2. The van der Waals surface area contributed by atoms with Gasteiger partial charge in [0.25, 0.3) is 0 Å². The molecule has 1 rings (SSSR count). The predicted molar refractivity (Wildman–Crippen MR) is 59.7 cm³/mol. The molecule has 88 valence electrons. The molecule has 0 atom stereocenters. The van der Waals surface area contributed by atoms with Crippen LogP contribution < -0.4 is 5.73 Å². The molecular weight excluding hydrogens is 208 g/mol. The number of carbonyl (C=O) groups is 1. The van der Waals surface area contributed by atoms with E-state index in [1.54, 1.807) is 20.8 Å². The van der Waals surface area contributed by atoms with Crippen molar-refractivity contribution in [3.05, 3.63) is 23.5 Å². The van der Waals surface area contributed by atoms with Crippen LogP contribution in [0.25, 0.3) is 0 Å². The zero-order valence-electron chi connectivity index (χ0n) is 9.65. The Morgan fingerprint density at radius 1 is 1.56 bits per heavy atom. The number of aliphatic hydroxyl groups is 1. The van der Waals surface area contributed by atoms with Crippen molar-refractivity contribution in [3.8, 4) is 0 Å². The molecule has 3 N–H and O–H groups in total. The number of esters is 1. The Labute approximate surface area is 94.2 Å². The van der Waals surface area contributed by atoms with Crippen LogP contribution in [0.15, 0.2) is 12.3 Å². The number of nitrogen functional groups attached to an aromatic ring is 1. The van der Waals surface area contributed by atoms with Crippen LogP contribution >= 0.6 is 0 Å². The third-order valence-electron chi connectivity index (χ3n) is 1.75. The highest BCUT2D eigenvalue weighted by Crippen LogP contribution is 2.16. The van der Waals surface area contributed by atoms with E-state index in [0.717, 1.165) is 0 Å². The molecule has 0 spiro atoms. The highest BCUT2D eigenvalue weighted by atomic mass is 16.6. The summed E-state index contributed by atoms with van der Waals surface area (Å²) >= 11 is 0. The fourth-order valence-electron chi connectivity index (χ4n) is 1.11. The van der Waals surface area contributed by atoms with Gasteiger partial charge in [0.05, 0.1) is 12.3 Å². The number of aromatic nitrogens is 1. The van der Waals surface area contributed by atoms with Crippen LogP contribution in [0, 0.1) is 0 Å². The molecule has 0 amide bonds. The first-order chi connectivity index (χ1) is 7.33. The molecule has 0 aliphatic rings. The summed E-state index contributed by atoms with van der Waals surface area (Å²) in [5.41, 5.74) is 5.90. The summed E-state index contributed by atoms with van der Waals surface area (Å²) in [6.45, 7) is 5.14. The van der Waals surface area contributed by atoms with Gasteiger partial charge in [-0.2, -0.15) is 0 Å². The fraction of sp³-hybridized carbons (Fsp3) is 0.455. The summed E-state index contributed by atoms with van der Waals surface area (Å²) in [5, 5.41) is 8.87. The number of pyridine rings is 1. The number of anilines is 1. The molecule has 0 bridgehead atoms. The van der Waals surface area contributed by atoms with E-state index in [1.165, 1.54) is 12.3 Å². The lowest BCUT2D eigenvalue weighted by Crippen LogP contribution is -2.25. The lowest BCUT2D eigenvalue weighted by Gasteiger charge is -2.19. The topological polar surface area (TPSA) is 85.4 Å². The highest BCUT2D eigenvalue weighted by molar-refractivity contribution is 5.93. The average Bonchev–Trinajstić information content (AvgIpc) is 2.14. The fourth-order valence-corrected chi connectivity index (χ4v) is 1.11. The summed E-state index contributed by atoms with van der Waals surface area (Å²) < 4.78 is 5.13. The number of hydrogen-bond donors (Lipinski definition) is 2. The minimum absolute atomic E-state index is 0.0760. The molecule has 1 aromatic rings. The number of carbonyl (C=O) groups excluding carboxylic acids is 1. The summed E-state index contributed by atoms with van der Waals surface area (Å²) in [4.78, 5) is 15.5. The molecule has 0 fully saturated rings. The van der Waals surface area contributed by atoms with Crippen LogP contribution in [-0.4, -0.2) is 21.7 Å². The third kappa shape index (κ3) is 3.20. The van der Waals surface area contributed by atoms with Gasteiger partial charge in [0, 0.05) is 6.20 Å². The molecule has 16 heavy (non-hydrogen) atoms. The number of nitrogens with zero attached hydrogens (tertiary/aromatic N) is 1. The van der Waals surface area contributed by atoms with Crippen molar-refractivity contribution in [2.75, 3.05) is 5.73 Å². The predicted octanol–water partition coefficient (Wildman–Crippen LogP) is 1.11. The Kier molecular flexibility index (Phi) is 3.49. The standard InChI is InChI=1S/C11H16N2O3/c1-11(2,3)16-10(15)9-8(12)4-7(6-14)5-13-9/h4-5,14H,6,12H2,1-3H3. The molecule has 0 aliphatic carbocycles. The van der Waals surface area contributed by atoms with Gasteiger partial charge in [-0.25, -0.2) is 9.78 Å². The summed E-state index contributed by atoms with van der Waals surface area (Å²) in [6, 6.07) is 1.51. The lowest BCUT2D eigenvalue weighted by atomic mass is 10.2. The first-order valence-electron chi connectivity index (χ1n) is 4.92. The lowest BCUT2D eigenvalue weighted by molar-refractivity contribution is 0.00641. The third-order valence-corrected chi connectivity index (χ3v) is 1.75. The Morgan fingerprint density at radius 3 is 2.62 bits per heavy atom. The quantitative estimate of drug-likeness (QED) is 0.735. The van der Waals surface area contributed by atoms with Crippen LogP contribution in [0.2, 0.25) is 0 Å². The Morgan fingerprint density at radius 2 is 2.19 bits per heavy atom. The summed E-state index contributed by atoms with van der Waals surface area (Å²) in [5.74, 6) is -0.561. The normalized spacial score (nSPS) is 11.2. The second-order valence-electron chi connectivity index (χ2n) is 4.44. The van der Waals surface area contributed by atoms with Gasteiger partial charge in [0.1, 0.15) is 5.60 Å². The zero-order valence-corrected chi connectivity index (χ0v) is 9.65. The van der Waals surface area contributed by atoms with Crippen molar-refractivity contribution in [2.45, 2.75) is 33.0 Å². The van der Waals surface area contributed by atoms with Gasteiger partial charge < -0.3 is 15.6 Å². The maximum atomic E-state index is 11.7. The molecule has 0 saturated carbocycles. The van der Waals surface area contributed by atoms with Crippen molar-refractivity contribution >= 4 is 11.7 Å². The molecule has 0 radical (unpaired) electrons. The van der Waals surface area contributed by atoms with Crippen LogP contribution in [0.4, 0.5) is 5.69 Å². The molecule has 0 saturated heterocycles. The smallest absolute Gasteiger partial charge is 0.359 e. The van der Waals surface area contributed by atoms with Crippen molar-refractivity contribution < 1.29 is 14.6 Å². The van der Waals surface area contributed by atoms with E-state index >= 15 is 0 Å². The molecular formula is C11H16N2O3. The SMILES string of the molecule is CC(C)(C)OC(=O)c1ncc(CO)cc1N. The second kappa shape index (κ2) is 4.49. The van der Waals surface area contributed by atoms with E-state index in [4.69, 9.17) is 15.6 Å². The maximum absolute atomic E-state index is 11.7. The molecule has 5 nitrogen and oxygen atoms in total. The van der Waals surface area contributed by atoms with Gasteiger partial charge in [-0.15, -0.1) is 0 Å². The van der Waals surface area contributed by atoms with Gasteiger partial charge in [-0.1, -0.05) is 0 Å². The first-order valence-corrected chi connectivity index (χ1v) is 4.92. The van der Waals surface area contributed by atoms with E-state index < -0.39 is 11.6 Å². The molecule has 0 aliphatic heterocycles. The summed E-state index contributed by atoms with van der Waals surface area (Å²) in [7, 11) is 0. The van der Waals surface area contributed by atoms with Gasteiger partial charge in [-0.3, -0.25) is 0 Å². The second-order valence-corrected chi connectivity index (χ2v) is 4.44. The molecule has 1 heterocycles. The van der Waals surface area contributed by atoms with Gasteiger partial charge >= 0.3 is 5.97 Å². The minimum Gasteiger partial charge on any atom is -0.455 e. The van der Waals surface area contributed by atoms with E-state index in [-0.39, 0.29) is 18.0 Å². The van der Waals surface area contributed by atoms with Gasteiger partial charge in [0.15, 0.2) is 5.69 Å². The Bertz CT molecular complexity index is 397. The molecule has 1 aromatic heterocycles. The van der Waals surface area contributed by atoms with Crippen molar-refractivity contribution in [3.63, 3.8) is 0 Å². The molecule has 0 aromatic carbocycles. The molecule has 0 unspecified atom stereocenters. The number of hydrogen-bond acceptors (Lipinski definition) is 5. The van der Waals surface area contributed by atoms with Crippen molar-refractivity contribution in [1.82, 2.24) is 4.98 Å². The van der Waals surface area contributed by atoms with E-state index in [2.05, 4.69) is 4.98 Å².